The minimum Gasteiger partial charge on any atom is -0.408 e. The van der Waals surface area contributed by atoms with Gasteiger partial charge in [0.05, 0.1) is 11.9 Å². The van der Waals surface area contributed by atoms with Crippen LogP contribution < -0.4 is 5.76 Å². The van der Waals surface area contributed by atoms with E-state index in [0.717, 1.165) is 0 Å². The van der Waals surface area contributed by atoms with Gasteiger partial charge in [0.15, 0.2) is 11.4 Å². The highest BCUT2D eigenvalue weighted by Crippen LogP contribution is 2.15. The van der Waals surface area contributed by atoms with E-state index in [0.29, 0.717) is 22.5 Å². The first-order valence-electron chi connectivity index (χ1n) is 6.04. The standard InChI is InChI=1S/C14H11N3O3/c1-17-10-4-3-9(7-12(10)20-14(17)19)11(18)8-13-15-5-2-6-16-13/h2-7H,8H2,1H3. The Morgan fingerprint density at radius 2 is 2.05 bits per heavy atom. The Kier molecular flexibility index (Phi) is 2.90. The molecule has 3 aromatic rings. The molecule has 0 saturated heterocycles. The molecule has 0 amide bonds. The van der Waals surface area contributed by atoms with Gasteiger partial charge in [-0.2, -0.15) is 0 Å². The molecule has 100 valence electrons. The van der Waals surface area contributed by atoms with Crippen LogP contribution in [0.25, 0.3) is 11.1 Å². The van der Waals surface area contributed by atoms with Crippen molar-refractivity contribution in [1.29, 1.82) is 0 Å². The number of rotatable bonds is 3. The van der Waals surface area contributed by atoms with E-state index in [9.17, 15) is 9.59 Å². The summed E-state index contributed by atoms with van der Waals surface area (Å²) in [6, 6.07) is 6.63. The second kappa shape index (κ2) is 4.73. The van der Waals surface area contributed by atoms with Crippen molar-refractivity contribution in [3.63, 3.8) is 0 Å². The molecule has 0 unspecified atom stereocenters. The lowest BCUT2D eigenvalue weighted by atomic mass is 10.1. The van der Waals surface area contributed by atoms with Crippen LogP contribution in [0.15, 0.2) is 45.9 Å². The maximum absolute atomic E-state index is 12.1. The minimum absolute atomic E-state index is 0.114. The molecule has 6 heteroatoms. The van der Waals surface area contributed by atoms with Gasteiger partial charge >= 0.3 is 5.76 Å². The van der Waals surface area contributed by atoms with Crippen LogP contribution in [-0.2, 0) is 13.5 Å². The molecule has 2 heterocycles. The molecule has 0 N–H and O–H groups in total. The quantitative estimate of drug-likeness (QED) is 0.670. The molecule has 0 fully saturated rings. The van der Waals surface area contributed by atoms with Crippen LogP contribution in [0.1, 0.15) is 16.2 Å². The summed E-state index contributed by atoms with van der Waals surface area (Å²) in [6.45, 7) is 0. The van der Waals surface area contributed by atoms with Gasteiger partial charge in [-0.3, -0.25) is 9.36 Å². The van der Waals surface area contributed by atoms with Crippen molar-refractivity contribution < 1.29 is 9.21 Å². The maximum atomic E-state index is 12.1. The highest BCUT2D eigenvalue weighted by Gasteiger charge is 2.12. The van der Waals surface area contributed by atoms with Crippen LogP contribution in [-0.4, -0.2) is 20.3 Å². The van der Waals surface area contributed by atoms with Crippen LogP contribution in [0.3, 0.4) is 0 Å². The van der Waals surface area contributed by atoms with Gasteiger partial charge in [-0.25, -0.2) is 14.8 Å². The molecule has 20 heavy (non-hydrogen) atoms. The van der Waals surface area contributed by atoms with Crippen molar-refractivity contribution in [3.05, 3.63) is 58.6 Å². The predicted molar refractivity (Wildman–Crippen MR) is 71.5 cm³/mol. The van der Waals surface area contributed by atoms with Gasteiger partial charge in [0.2, 0.25) is 0 Å². The molecular weight excluding hydrogens is 258 g/mol. The molecule has 0 saturated carbocycles. The number of Topliss-reactive ketones (excluding diaryl/α,β-unsaturated/α-hetero) is 1. The van der Waals surface area contributed by atoms with E-state index in [4.69, 9.17) is 4.42 Å². The Labute approximate surface area is 113 Å². The topological polar surface area (TPSA) is 78.0 Å². The molecule has 0 radical (unpaired) electrons. The van der Waals surface area contributed by atoms with E-state index in [1.54, 1.807) is 43.7 Å². The fourth-order valence-corrected chi connectivity index (χ4v) is 1.97. The number of hydrogen-bond donors (Lipinski definition) is 0. The first-order chi connectivity index (χ1) is 9.65. The zero-order valence-electron chi connectivity index (χ0n) is 10.7. The summed E-state index contributed by atoms with van der Waals surface area (Å²) >= 11 is 0. The third-order valence-electron chi connectivity index (χ3n) is 3.05. The molecule has 0 aliphatic rings. The van der Waals surface area contributed by atoms with E-state index in [1.165, 1.54) is 4.57 Å². The van der Waals surface area contributed by atoms with Crippen LogP contribution in [0, 0.1) is 0 Å². The van der Waals surface area contributed by atoms with E-state index in [-0.39, 0.29) is 12.2 Å². The maximum Gasteiger partial charge on any atom is 0.419 e. The Hall–Kier alpha value is -2.76. The number of ketones is 1. The number of benzene rings is 1. The van der Waals surface area contributed by atoms with Gasteiger partial charge in [0.25, 0.3) is 0 Å². The van der Waals surface area contributed by atoms with Gasteiger partial charge < -0.3 is 4.42 Å². The summed E-state index contributed by atoms with van der Waals surface area (Å²) in [5, 5.41) is 0. The summed E-state index contributed by atoms with van der Waals surface area (Å²) in [5.74, 6) is -0.104. The largest absolute Gasteiger partial charge is 0.419 e. The van der Waals surface area contributed by atoms with E-state index >= 15 is 0 Å². The number of fused-ring (bicyclic) bond motifs is 1. The molecule has 2 aromatic heterocycles. The van der Waals surface area contributed by atoms with Crippen molar-refractivity contribution >= 4 is 16.9 Å². The zero-order valence-corrected chi connectivity index (χ0v) is 10.7. The molecule has 0 spiro atoms. The van der Waals surface area contributed by atoms with Gasteiger partial charge in [-0.05, 0) is 24.3 Å². The average Bonchev–Trinajstić information content (AvgIpc) is 2.74. The number of nitrogens with zero attached hydrogens (tertiary/aromatic N) is 3. The van der Waals surface area contributed by atoms with E-state index in [2.05, 4.69) is 9.97 Å². The monoisotopic (exact) mass is 269 g/mol. The van der Waals surface area contributed by atoms with E-state index in [1.807, 2.05) is 0 Å². The minimum atomic E-state index is -0.448. The molecule has 0 atom stereocenters. The third-order valence-corrected chi connectivity index (χ3v) is 3.05. The summed E-state index contributed by atoms with van der Waals surface area (Å²) in [7, 11) is 1.62. The van der Waals surface area contributed by atoms with Gasteiger partial charge in [-0.15, -0.1) is 0 Å². The Morgan fingerprint density at radius 1 is 1.30 bits per heavy atom. The van der Waals surface area contributed by atoms with Crippen molar-refractivity contribution in [3.8, 4) is 0 Å². The SMILES string of the molecule is Cn1c(=O)oc2cc(C(=O)Cc3ncccn3)ccc21. The number of aryl methyl sites for hydroxylation is 1. The lowest BCUT2D eigenvalue weighted by Crippen LogP contribution is -2.08. The molecule has 6 nitrogen and oxygen atoms in total. The normalized spacial score (nSPS) is 10.8. The fourth-order valence-electron chi connectivity index (χ4n) is 1.97. The van der Waals surface area contributed by atoms with E-state index < -0.39 is 5.76 Å². The summed E-state index contributed by atoms with van der Waals surface area (Å²) in [5.41, 5.74) is 1.53. The summed E-state index contributed by atoms with van der Waals surface area (Å²) in [6.07, 6.45) is 3.30. The number of carbonyl (C=O) groups is 1. The van der Waals surface area contributed by atoms with Gasteiger partial charge in [0.1, 0.15) is 5.82 Å². The summed E-state index contributed by atoms with van der Waals surface area (Å²) < 4.78 is 6.46. The lowest BCUT2D eigenvalue weighted by Gasteiger charge is -2.00. The first-order valence-corrected chi connectivity index (χ1v) is 6.04. The average molecular weight is 269 g/mol. The Bertz CT molecular complexity index is 834. The number of oxazole rings is 1. The fraction of sp³-hybridized carbons (Fsp3) is 0.143. The van der Waals surface area contributed by atoms with Crippen LogP contribution in [0.4, 0.5) is 0 Å². The number of aromatic nitrogens is 3. The van der Waals surface area contributed by atoms with Crippen LogP contribution in [0.2, 0.25) is 0 Å². The van der Waals surface area contributed by atoms with Crippen molar-refractivity contribution in [2.24, 2.45) is 7.05 Å². The number of hydrogen-bond acceptors (Lipinski definition) is 5. The summed E-state index contributed by atoms with van der Waals surface area (Å²) in [4.78, 5) is 31.6. The van der Waals surface area contributed by atoms with Gasteiger partial charge in [-0.1, -0.05) is 0 Å². The molecule has 0 aliphatic heterocycles. The number of carbonyl (C=O) groups excluding carboxylic acids is 1. The molecule has 1 aromatic carbocycles. The third kappa shape index (κ3) is 2.11. The van der Waals surface area contributed by atoms with Crippen LogP contribution in [0.5, 0.6) is 0 Å². The van der Waals surface area contributed by atoms with Crippen LogP contribution >= 0.6 is 0 Å². The molecule has 0 bridgehead atoms. The van der Waals surface area contributed by atoms with Crippen molar-refractivity contribution in [2.75, 3.05) is 0 Å². The van der Waals surface area contributed by atoms with Gasteiger partial charge in [0, 0.05) is 25.0 Å². The van der Waals surface area contributed by atoms with Crippen molar-refractivity contribution in [1.82, 2.24) is 14.5 Å². The van der Waals surface area contributed by atoms with Crippen molar-refractivity contribution in [2.45, 2.75) is 6.42 Å². The highest BCUT2D eigenvalue weighted by molar-refractivity contribution is 5.99. The Balaban J connectivity index is 1.94. The second-order valence-corrected chi connectivity index (χ2v) is 4.37. The Morgan fingerprint density at radius 3 is 2.80 bits per heavy atom. The lowest BCUT2D eigenvalue weighted by molar-refractivity contribution is 0.0991. The molecule has 0 aliphatic carbocycles. The molecule has 3 rings (SSSR count). The first kappa shape index (κ1) is 12.3. The zero-order chi connectivity index (χ0) is 14.1. The highest BCUT2D eigenvalue weighted by atomic mass is 16.4. The predicted octanol–water partition coefficient (Wildman–Crippen LogP) is 1.35. The molecular formula is C14H11N3O3. The second-order valence-electron chi connectivity index (χ2n) is 4.37. The smallest absolute Gasteiger partial charge is 0.408 e.